The van der Waals surface area contributed by atoms with Crippen molar-refractivity contribution in [3.63, 3.8) is 0 Å². The number of amides is 1. The first-order valence-corrected chi connectivity index (χ1v) is 13.0. The number of carbonyl (C=O) groups excluding carboxylic acids is 1. The fourth-order valence-corrected chi connectivity index (χ4v) is 5.08. The van der Waals surface area contributed by atoms with E-state index >= 15 is 0 Å². The highest BCUT2D eigenvalue weighted by Crippen LogP contribution is 2.35. The molecule has 0 aliphatic carbocycles. The summed E-state index contributed by atoms with van der Waals surface area (Å²) in [5.41, 5.74) is 2.01. The molecule has 0 radical (unpaired) electrons. The van der Waals surface area contributed by atoms with E-state index in [-0.39, 0.29) is 39.6 Å². The predicted octanol–water partition coefficient (Wildman–Crippen LogP) is 5.23. The van der Waals surface area contributed by atoms with Gasteiger partial charge in [-0.1, -0.05) is 44.2 Å². The largest absolute Gasteiger partial charge is 0.472 e. The smallest absolute Gasteiger partial charge is 0.357 e. The molecule has 0 bridgehead atoms. The second-order valence-electron chi connectivity index (χ2n) is 9.74. The molecule has 0 saturated carbocycles. The number of halogens is 2. The van der Waals surface area contributed by atoms with Gasteiger partial charge in [0.2, 0.25) is 11.8 Å². The standard InChI is InChI=1S/C29H27ClFN5O3/c1-5-23(37)35-13-11-18(15-35)39-28-20-14-21(30)25(19-8-6-7-9-22(19)31)33-27(20)36(29(38)34-28)26-17(4)10-12-32-24(26)16(2)3/h5-10,12,14,16,18H,1,11,13,15H2,2-4H3/t18-/m0/s1. The first-order chi connectivity index (χ1) is 18.7. The molecule has 0 unspecified atom stereocenters. The first-order valence-electron chi connectivity index (χ1n) is 12.6. The number of carbonyl (C=O) groups is 1. The van der Waals surface area contributed by atoms with E-state index < -0.39 is 17.6 Å². The Morgan fingerprint density at radius 2 is 2.03 bits per heavy atom. The SMILES string of the molecule is C=CC(=O)N1CC[C@H](Oc2nc(=O)n(-c3c(C)ccnc3C(C)C)c3nc(-c4ccccc4F)c(Cl)cc23)C1. The van der Waals surface area contributed by atoms with E-state index in [2.05, 4.69) is 16.5 Å². The molecule has 39 heavy (non-hydrogen) atoms. The number of benzene rings is 1. The van der Waals surface area contributed by atoms with Gasteiger partial charge in [0, 0.05) is 24.7 Å². The second-order valence-corrected chi connectivity index (χ2v) is 10.1. The summed E-state index contributed by atoms with van der Waals surface area (Å²) in [6.45, 7) is 10.2. The molecule has 1 atom stereocenters. The lowest BCUT2D eigenvalue weighted by Gasteiger charge is -2.20. The number of hydrogen-bond donors (Lipinski definition) is 0. The number of fused-ring (bicyclic) bond motifs is 1. The van der Waals surface area contributed by atoms with Gasteiger partial charge in [-0.05, 0) is 48.7 Å². The minimum atomic E-state index is -0.623. The van der Waals surface area contributed by atoms with Crippen molar-refractivity contribution in [1.82, 2.24) is 24.4 Å². The van der Waals surface area contributed by atoms with Crippen LogP contribution in [0.1, 0.15) is 37.4 Å². The molecule has 1 aliphatic heterocycles. The predicted molar refractivity (Wildman–Crippen MR) is 148 cm³/mol. The van der Waals surface area contributed by atoms with Gasteiger partial charge in [-0.2, -0.15) is 4.98 Å². The highest BCUT2D eigenvalue weighted by Gasteiger charge is 2.29. The molecule has 1 fully saturated rings. The average molecular weight is 548 g/mol. The van der Waals surface area contributed by atoms with Crippen LogP contribution in [0.15, 0.2) is 60.0 Å². The third-order valence-corrected chi connectivity index (χ3v) is 7.04. The second kappa shape index (κ2) is 10.6. The number of ether oxygens (including phenoxy) is 1. The van der Waals surface area contributed by atoms with Crippen molar-refractivity contribution in [1.29, 1.82) is 0 Å². The highest BCUT2D eigenvalue weighted by molar-refractivity contribution is 6.33. The maximum Gasteiger partial charge on any atom is 0.357 e. The van der Waals surface area contributed by atoms with Crippen LogP contribution in [-0.2, 0) is 4.79 Å². The molecule has 1 amide bonds. The molecule has 1 saturated heterocycles. The summed E-state index contributed by atoms with van der Waals surface area (Å²) in [6, 6.07) is 9.57. The molecule has 4 heterocycles. The van der Waals surface area contributed by atoms with Gasteiger partial charge >= 0.3 is 5.69 Å². The molecule has 1 aromatic carbocycles. The molecule has 0 spiro atoms. The van der Waals surface area contributed by atoms with Crippen LogP contribution < -0.4 is 10.4 Å². The van der Waals surface area contributed by atoms with Gasteiger partial charge in [0.15, 0.2) is 5.65 Å². The molecule has 3 aromatic heterocycles. The molecular formula is C29H27ClFN5O3. The summed E-state index contributed by atoms with van der Waals surface area (Å²) >= 11 is 6.66. The number of likely N-dealkylation sites (tertiary alicyclic amines) is 1. The van der Waals surface area contributed by atoms with Crippen LogP contribution in [0.3, 0.4) is 0 Å². The van der Waals surface area contributed by atoms with Crippen molar-refractivity contribution < 1.29 is 13.9 Å². The van der Waals surface area contributed by atoms with E-state index in [1.165, 1.54) is 16.7 Å². The van der Waals surface area contributed by atoms with Gasteiger partial charge in [0.05, 0.1) is 34.0 Å². The number of aryl methyl sites for hydroxylation is 1. The zero-order valence-electron chi connectivity index (χ0n) is 21.8. The fourth-order valence-electron chi connectivity index (χ4n) is 4.82. The topological polar surface area (TPSA) is 90.2 Å². The molecular weight excluding hydrogens is 521 g/mol. The van der Waals surface area contributed by atoms with E-state index in [9.17, 15) is 14.0 Å². The number of hydrogen-bond acceptors (Lipinski definition) is 6. The number of rotatable bonds is 6. The van der Waals surface area contributed by atoms with Crippen molar-refractivity contribution in [2.75, 3.05) is 13.1 Å². The maximum absolute atomic E-state index is 14.8. The average Bonchev–Trinajstić information content (AvgIpc) is 3.38. The van der Waals surface area contributed by atoms with Crippen LogP contribution in [0, 0.1) is 12.7 Å². The summed E-state index contributed by atoms with van der Waals surface area (Å²) in [6.07, 6.45) is 3.11. The summed E-state index contributed by atoms with van der Waals surface area (Å²) in [5, 5.41) is 0.553. The summed E-state index contributed by atoms with van der Waals surface area (Å²) in [7, 11) is 0. The van der Waals surface area contributed by atoms with Gasteiger partial charge in [-0.3, -0.25) is 9.78 Å². The molecule has 0 N–H and O–H groups in total. The van der Waals surface area contributed by atoms with Crippen molar-refractivity contribution in [3.05, 3.63) is 87.8 Å². The lowest BCUT2D eigenvalue weighted by Crippen LogP contribution is -2.30. The third-order valence-electron chi connectivity index (χ3n) is 6.75. The van der Waals surface area contributed by atoms with E-state index in [4.69, 9.17) is 21.3 Å². The first kappa shape index (κ1) is 26.5. The van der Waals surface area contributed by atoms with Crippen molar-refractivity contribution in [2.45, 2.75) is 39.2 Å². The summed E-state index contributed by atoms with van der Waals surface area (Å²) in [4.78, 5) is 40.9. The Kier molecular flexibility index (Phi) is 7.18. The minimum absolute atomic E-state index is 0.0111. The van der Waals surface area contributed by atoms with Crippen LogP contribution in [0.5, 0.6) is 5.88 Å². The lowest BCUT2D eigenvalue weighted by atomic mass is 10.0. The van der Waals surface area contributed by atoms with Gasteiger partial charge in [-0.25, -0.2) is 18.7 Å². The Bertz CT molecular complexity index is 1670. The zero-order valence-corrected chi connectivity index (χ0v) is 22.6. The normalized spacial score (nSPS) is 15.2. The van der Waals surface area contributed by atoms with Gasteiger partial charge < -0.3 is 9.64 Å². The quantitative estimate of drug-likeness (QED) is 0.307. The molecule has 200 valence electrons. The maximum atomic E-state index is 14.8. The van der Waals surface area contributed by atoms with E-state index in [1.807, 2.05) is 20.8 Å². The Hall–Kier alpha value is -4.11. The van der Waals surface area contributed by atoms with E-state index in [0.29, 0.717) is 36.3 Å². The summed E-state index contributed by atoms with van der Waals surface area (Å²) in [5.74, 6) is -0.653. The number of nitrogens with zero attached hydrogens (tertiary/aromatic N) is 5. The van der Waals surface area contributed by atoms with Gasteiger partial charge in [0.1, 0.15) is 11.9 Å². The van der Waals surface area contributed by atoms with Crippen LogP contribution in [-0.4, -0.2) is 49.5 Å². The Labute approximate surface area is 229 Å². The summed E-state index contributed by atoms with van der Waals surface area (Å²) < 4.78 is 22.4. The Morgan fingerprint density at radius 3 is 2.74 bits per heavy atom. The molecule has 10 heteroatoms. The molecule has 8 nitrogen and oxygen atoms in total. The van der Waals surface area contributed by atoms with Crippen LogP contribution in [0.2, 0.25) is 5.02 Å². The third kappa shape index (κ3) is 4.90. The monoisotopic (exact) mass is 547 g/mol. The molecule has 5 rings (SSSR count). The fraction of sp³-hybridized carbons (Fsp3) is 0.276. The van der Waals surface area contributed by atoms with Crippen molar-refractivity contribution in [3.8, 4) is 22.8 Å². The highest BCUT2D eigenvalue weighted by atomic mass is 35.5. The van der Waals surface area contributed by atoms with E-state index in [0.717, 1.165) is 5.56 Å². The lowest BCUT2D eigenvalue weighted by molar-refractivity contribution is -0.125. The Balaban J connectivity index is 1.76. The van der Waals surface area contributed by atoms with Crippen LogP contribution >= 0.6 is 11.6 Å². The van der Waals surface area contributed by atoms with Gasteiger partial charge in [0.25, 0.3) is 0 Å². The number of aromatic nitrogens is 4. The molecule has 4 aromatic rings. The zero-order chi connectivity index (χ0) is 27.8. The minimum Gasteiger partial charge on any atom is -0.472 e. The Morgan fingerprint density at radius 1 is 1.26 bits per heavy atom. The van der Waals surface area contributed by atoms with Crippen LogP contribution in [0.4, 0.5) is 4.39 Å². The number of pyridine rings is 2. The molecule has 1 aliphatic rings. The van der Waals surface area contributed by atoms with Crippen molar-refractivity contribution in [2.24, 2.45) is 0 Å². The van der Waals surface area contributed by atoms with E-state index in [1.54, 1.807) is 41.4 Å². The van der Waals surface area contributed by atoms with Crippen molar-refractivity contribution >= 4 is 28.5 Å². The van der Waals surface area contributed by atoms with Crippen LogP contribution in [0.25, 0.3) is 28.0 Å². The van der Waals surface area contributed by atoms with Gasteiger partial charge in [-0.15, -0.1) is 0 Å².